The van der Waals surface area contributed by atoms with Gasteiger partial charge in [0.15, 0.2) is 0 Å². The summed E-state index contributed by atoms with van der Waals surface area (Å²) in [6.45, 7) is 9.02. The van der Waals surface area contributed by atoms with E-state index in [1.54, 1.807) is 30.9 Å². The molecular formula is C36H45F2N3O5. The third-order valence-electron chi connectivity index (χ3n) is 7.66. The Hall–Kier alpha value is -4.15. The highest BCUT2D eigenvalue weighted by Crippen LogP contribution is 2.17. The molecule has 3 aromatic carbocycles. The average Bonchev–Trinajstić information content (AvgIpc) is 2.99. The van der Waals surface area contributed by atoms with Gasteiger partial charge in [-0.05, 0) is 85.2 Å². The molecule has 0 bridgehead atoms. The second-order valence-corrected chi connectivity index (χ2v) is 11.9. The number of carboxylic acids is 1. The monoisotopic (exact) mass is 637 g/mol. The molecule has 3 rings (SSSR count). The van der Waals surface area contributed by atoms with E-state index in [0.29, 0.717) is 31.6 Å². The van der Waals surface area contributed by atoms with Gasteiger partial charge in [-0.2, -0.15) is 0 Å². The van der Waals surface area contributed by atoms with Gasteiger partial charge in [-0.25, -0.2) is 8.78 Å². The maximum atomic E-state index is 14.0. The number of benzene rings is 3. The van der Waals surface area contributed by atoms with Crippen LogP contribution in [0.2, 0.25) is 0 Å². The number of hydrogen-bond donors (Lipinski definition) is 4. The van der Waals surface area contributed by atoms with Gasteiger partial charge >= 0.3 is 5.97 Å². The Morgan fingerprint density at radius 2 is 1.48 bits per heavy atom. The largest absolute Gasteiger partial charge is 0.481 e. The van der Waals surface area contributed by atoms with Crippen molar-refractivity contribution in [2.24, 2.45) is 5.92 Å². The van der Waals surface area contributed by atoms with Gasteiger partial charge in [0.2, 0.25) is 0 Å². The van der Waals surface area contributed by atoms with Crippen molar-refractivity contribution < 1.29 is 33.4 Å². The normalized spacial score (nSPS) is 13.1. The van der Waals surface area contributed by atoms with Gasteiger partial charge in [0.05, 0.1) is 18.1 Å². The molecule has 10 heteroatoms. The van der Waals surface area contributed by atoms with Crippen molar-refractivity contribution in [1.82, 2.24) is 15.5 Å². The lowest BCUT2D eigenvalue weighted by Gasteiger charge is -2.25. The molecule has 0 aliphatic rings. The molecule has 46 heavy (non-hydrogen) atoms. The molecule has 0 heterocycles. The summed E-state index contributed by atoms with van der Waals surface area (Å²) in [5, 5.41) is 26.4. The molecule has 0 radical (unpaired) electrons. The number of carboxylic acid groups (broad SMARTS) is 1. The lowest BCUT2D eigenvalue weighted by atomic mass is 9.98. The highest BCUT2D eigenvalue weighted by molar-refractivity contribution is 6.00. The van der Waals surface area contributed by atoms with Crippen LogP contribution in [0.3, 0.4) is 0 Å². The first-order valence-electron chi connectivity index (χ1n) is 15.8. The fraction of sp³-hybridized carbons (Fsp3) is 0.417. The van der Waals surface area contributed by atoms with Gasteiger partial charge in [-0.1, -0.05) is 45.0 Å². The number of halogens is 2. The second-order valence-electron chi connectivity index (χ2n) is 11.9. The first kappa shape index (κ1) is 36.3. The summed E-state index contributed by atoms with van der Waals surface area (Å²) in [5.41, 5.74) is 3.35. The molecule has 3 atom stereocenters. The van der Waals surface area contributed by atoms with E-state index in [4.69, 9.17) is 0 Å². The zero-order valence-corrected chi connectivity index (χ0v) is 27.0. The molecule has 0 fully saturated rings. The number of amides is 2. The van der Waals surface area contributed by atoms with Crippen LogP contribution >= 0.6 is 0 Å². The van der Waals surface area contributed by atoms with Crippen molar-refractivity contribution in [3.8, 4) is 0 Å². The molecule has 0 unspecified atom stereocenters. The lowest BCUT2D eigenvalue weighted by molar-refractivity contribution is -0.141. The van der Waals surface area contributed by atoms with E-state index in [1.807, 2.05) is 38.1 Å². The molecule has 0 saturated heterocycles. The molecule has 4 N–H and O–H groups in total. The van der Waals surface area contributed by atoms with E-state index in [0.717, 1.165) is 47.7 Å². The van der Waals surface area contributed by atoms with Gasteiger partial charge in [-0.3, -0.25) is 14.4 Å². The average molecular weight is 638 g/mol. The van der Waals surface area contributed by atoms with Crippen LogP contribution in [0.15, 0.2) is 60.7 Å². The molecule has 0 spiro atoms. The SMILES string of the molecule is CCCN(CCC)C(=O)c1cc(C)cc(C(=O)N[C@@H](Cc2cc(F)cc(F)c2)[C@H](O)CNCc2cccc(C[C@H](C)C(=O)O)c2)c1. The lowest BCUT2D eigenvalue weighted by Crippen LogP contribution is -2.48. The Labute approximate surface area is 269 Å². The van der Waals surface area contributed by atoms with Crippen molar-refractivity contribution in [3.63, 3.8) is 0 Å². The van der Waals surface area contributed by atoms with Crippen LogP contribution in [-0.4, -0.2) is 64.7 Å². The smallest absolute Gasteiger partial charge is 0.306 e. The standard InChI is InChI=1S/C36H45F2N3O5/c1-5-10-41(11-6-2)35(44)29-13-23(3)12-28(19-29)34(43)40-32(18-27-16-30(37)20-31(38)17-27)33(42)22-39-21-26-9-7-8-25(15-26)14-24(4)36(45)46/h7-9,12-13,15-17,19-20,24,32-33,39,42H,5-6,10-11,14,18,21-22H2,1-4H3,(H,40,43)(H,45,46)/t24-,32-,33+/m0/s1. The molecule has 3 aromatic rings. The van der Waals surface area contributed by atoms with Crippen molar-refractivity contribution in [1.29, 1.82) is 0 Å². The third kappa shape index (κ3) is 11.0. The molecule has 0 saturated carbocycles. The minimum atomic E-state index is -1.15. The Morgan fingerprint density at radius 1 is 0.848 bits per heavy atom. The highest BCUT2D eigenvalue weighted by atomic mass is 19.1. The number of aryl methyl sites for hydroxylation is 1. The quantitative estimate of drug-likeness (QED) is 0.160. The first-order valence-corrected chi connectivity index (χ1v) is 15.8. The number of nitrogens with zero attached hydrogens (tertiary/aromatic N) is 1. The topological polar surface area (TPSA) is 119 Å². The van der Waals surface area contributed by atoms with Gasteiger partial charge in [0.25, 0.3) is 11.8 Å². The summed E-state index contributed by atoms with van der Waals surface area (Å²) in [7, 11) is 0. The number of aliphatic hydroxyl groups is 1. The molecule has 248 valence electrons. The number of aliphatic carboxylic acids is 1. The summed E-state index contributed by atoms with van der Waals surface area (Å²) in [6.07, 6.45) is 0.778. The van der Waals surface area contributed by atoms with E-state index >= 15 is 0 Å². The third-order valence-corrected chi connectivity index (χ3v) is 7.66. The number of carbonyl (C=O) groups excluding carboxylic acids is 2. The van der Waals surface area contributed by atoms with Crippen LogP contribution in [0, 0.1) is 24.5 Å². The first-order chi connectivity index (χ1) is 21.9. The van der Waals surface area contributed by atoms with Crippen LogP contribution in [0.25, 0.3) is 0 Å². The van der Waals surface area contributed by atoms with Crippen LogP contribution in [0.4, 0.5) is 8.78 Å². The number of rotatable bonds is 17. The van der Waals surface area contributed by atoms with Gasteiger partial charge in [0, 0.05) is 43.4 Å². The van der Waals surface area contributed by atoms with Crippen LogP contribution < -0.4 is 10.6 Å². The minimum absolute atomic E-state index is 0.0407. The fourth-order valence-corrected chi connectivity index (χ4v) is 5.41. The van der Waals surface area contributed by atoms with Crippen molar-refractivity contribution >= 4 is 17.8 Å². The predicted molar refractivity (Wildman–Crippen MR) is 174 cm³/mol. The maximum Gasteiger partial charge on any atom is 0.306 e. The van der Waals surface area contributed by atoms with Gasteiger partial charge < -0.3 is 25.7 Å². The molecule has 8 nitrogen and oxygen atoms in total. The molecule has 0 aliphatic heterocycles. The Morgan fingerprint density at radius 3 is 2.11 bits per heavy atom. The van der Waals surface area contributed by atoms with Crippen LogP contribution in [0.5, 0.6) is 0 Å². The Kier molecular flexibility index (Phi) is 13.8. The zero-order valence-electron chi connectivity index (χ0n) is 27.0. The van der Waals surface area contributed by atoms with E-state index in [2.05, 4.69) is 10.6 Å². The second kappa shape index (κ2) is 17.5. The molecule has 0 aromatic heterocycles. The highest BCUT2D eigenvalue weighted by Gasteiger charge is 2.24. The Bertz CT molecular complexity index is 1470. The number of hydrogen-bond acceptors (Lipinski definition) is 5. The number of aliphatic hydroxyl groups excluding tert-OH is 1. The predicted octanol–water partition coefficient (Wildman–Crippen LogP) is 5.29. The van der Waals surface area contributed by atoms with E-state index in [1.165, 1.54) is 6.07 Å². The van der Waals surface area contributed by atoms with E-state index in [9.17, 15) is 33.4 Å². The number of carbonyl (C=O) groups is 3. The van der Waals surface area contributed by atoms with Crippen LogP contribution in [-0.2, 0) is 24.2 Å². The molecular weight excluding hydrogens is 592 g/mol. The zero-order chi connectivity index (χ0) is 33.8. The number of nitrogens with one attached hydrogen (secondary N) is 2. The summed E-state index contributed by atoms with van der Waals surface area (Å²) >= 11 is 0. The van der Waals surface area contributed by atoms with Crippen molar-refractivity contribution in [2.75, 3.05) is 19.6 Å². The van der Waals surface area contributed by atoms with Crippen LogP contribution in [0.1, 0.15) is 76.6 Å². The maximum absolute atomic E-state index is 14.0. The summed E-state index contributed by atoms with van der Waals surface area (Å²) in [6, 6.07) is 14.5. The summed E-state index contributed by atoms with van der Waals surface area (Å²) in [4.78, 5) is 39.8. The summed E-state index contributed by atoms with van der Waals surface area (Å²) in [5.74, 6) is -3.64. The van der Waals surface area contributed by atoms with E-state index in [-0.39, 0.29) is 30.0 Å². The molecule has 2 amide bonds. The van der Waals surface area contributed by atoms with E-state index < -0.39 is 41.6 Å². The van der Waals surface area contributed by atoms with Gasteiger partial charge in [0.1, 0.15) is 11.6 Å². The summed E-state index contributed by atoms with van der Waals surface area (Å²) < 4.78 is 28.0. The fourth-order valence-electron chi connectivity index (χ4n) is 5.41. The Balaban J connectivity index is 1.78. The van der Waals surface area contributed by atoms with Crippen molar-refractivity contribution in [3.05, 3.63) is 106 Å². The minimum Gasteiger partial charge on any atom is -0.481 e. The van der Waals surface area contributed by atoms with Crippen molar-refractivity contribution in [2.45, 2.75) is 72.1 Å². The molecule has 0 aliphatic carbocycles. The van der Waals surface area contributed by atoms with Gasteiger partial charge in [-0.15, -0.1) is 0 Å².